The van der Waals surface area contributed by atoms with Crippen molar-refractivity contribution < 1.29 is 0 Å². The zero-order valence-electron chi connectivity index (χ0n) is 29.3. The highest BCUT2D eigenvalue weighted by molar-refractivity contribution is 6.21. The number of fused-ring (bicyclic) bond motifs is 10. The summed E-state index contributed by atoms with van der Waals surface area (Å²) >= 11 is 0. The smallest absolute Gasteiger partial charge is 0.0562 e. The Bertz CT molecular complexity index is 3410. The molecular weight excluding hydrogens is 657 g/mol. The first-order chi connectivity index (χ1) is 26.8. The third kappa shape index (κ3) is 4.08. The zero-order valence-corrected chi connectivity index (χ0v) is 29.3. The van der Waals surface area contributed by atoms with E-state index in [1.807, 2.05) is 0 Å². The first kappa shape index (κ1) is 29.3. The average Bonchev–Trinajstić information content (AvgIpc) is 3.98. The summed E-state index contributed by atoms with van der Waals surface area (Å²) < 4.78 is 9.60. The van der Waals surface area contributed by atoms with Gasteiger partial charge in [-0.05, 0) is 97.1 Å². The lowest BCUT2D eigenvalue weighted by Crippen LogP contribution is -1.97. The van der Waals surface area contributed by atoms with Crippen LogP contribution in [0.1, 0.15) is 0 Å². The number of hydrogen-bond donors (Lipinski definition) is 0. The van der Waals surface area contributed by atoms with Crippen molar-refractivity contribution >= 4 is 76.3 Å². The molecule has 0 fully saturated rings. The number of rotatable bonds is 4. The summed E-state index contributed by atoms with van der Waals surface area (Å²) in [6, 6.07) is 68.5. The van der Waals surface area contributed by atoms with Crippen LogP contribution in [0, 0.1) is 0 Å². The maximum absolute atomic E-state index is 2.49. The van der Waals surface area contributed by atoms with Gasteiger partial charge in [0, 0.05) is 66.6 Å². The van der Waals surface area contributed by atoms with Crippen molar-refractivity contribution in [2.75, 3.05) is 0 Å². The van der Waals surface area contributed by atoms with E-state index in [0.717, 1.165) is 22.7 Å². The Kier molecular flexibility index (Phi) is 6.02. The van der Waals surface area contributed by atoms with Crippen molar-refractivity contribution in [3.05, 3.63) is 194 Å². The van der Waals surface area contributed by atoms with E-state index in [0.29, 0.717) is 0 Å². The molecule has 0 unspecified atom stereocenters. The van der Waals surface area contributed by atoms with Crippen molar-refractivity contribution in [3.8, 4) is 22.7 Å². The Morgan fingerprint density at radius 2 is 0.704 bits per heavy atom. The topological polar surface area (TPSA) is 19.7 Å². The fourth-order valence-corrected chi connectivity index (χ4v) is 9.01. The summed E-state index contributed by atoms with van der Waals surface area (Å²) in [6.45, 7) is 0. The van der Waals surface area contributed by atoms with E-state index in [1.165, 1.54) is 76.3 Å². The number of benzene rings is 8. The van der Waals surface area contributed by atoms with E-state index < -0.39 is 0 Å². The lowest BCUT2D eigenvalue weighted by atomic mass is 10.1. The minimum atomic E-state index is 1.14. The first-order valence-corrected chi connectivity index (χ1v) is 18.5. The molecule has 0 saturated carbocycles. The van der Waals surface area contributed by atoms with Gasteiger partial charge in [0.05, 0.1) is 38.6 Å². The van der Waals surface area contributed by atoms with Crippen LogP contribution in [0.5, 0.6) is 0 Å². The molecule has 0 radical (unpaired) electrons. The minimum absolute atomic E-state index is 1.14. The van der Waals surface area contributed by atoms with E-state index in [9.17, 15) is 0 Å². The van der Waals surface area contributed by atoms with Gasteiger partial charge in [0.2, 0.25) is 0 Å². The van der Waals surface area contributed by atoms with Crippen molar-refractivity contribution in [1.82, 2.24) is 18.3 Å². The molecule has 0 saturated heterocycles. The molecule has 0 atom stereocenters. The summed E-state index contributed by atoms with van der Waals surface area (Å²) in [5.41, 5.74) is 13.0. The van der Waals surface area contributed by atoms with Crippen molar-refractivity contribution in [2.45, 2.75) is 0 Å². The predicted molar refractivity (Wildman–Crippen MR) is 226 cm³/mol. The number of nitrogens with zero attached hydrogens (tertiary/aromatic N) is 4. The van der Waals surface area contributed by atoms with Crippen LogP contribution in [0.25, 0.3) is 99.1 Å². The van der Waals surface area contributed by atoms with Gasteiger partial charge in [0.25, 0.3) is 0 Å². The molecule has 0 spiro atoms. The van der Waals surface area contributed by atoms with Gasteiger partial charge in [-0.1, -0.05) is 91.0 Å². The molecule has 0 aliphatic carbocycles. The van der Waals surface area contributed by atoms with Gasteiger partial charge < -0.3 is 18.3 Å². The van der Waals surface area contributed by atoms with E-state index in [-0.39, 0.29) is 0 Å². The maximum Gasteiger partial charge on any atom is 0.0562 e. The Labute approximate surface area is 310 Å². The van der Waals surface area contributed by atoms with Crippen LogP contribution < -0.4 is 0 Å². The molecular formula is C50H32N4. The molecule has 4 heteroatoms. The fraction of sp³-hybridized carbons (Fsp3) is 0. The van der Waals surface area contributed by atoms with Crippen molar-refractivity contribution in [2.24, 2.45) is 0 Å². The lowest BCUT2D eigenvalue weighted by molar-refractivity contribution is 1.13. The molecule has 0 amide bonds. The van der Waals surface area contributed by atoms with Crippen LogP contribution in [0.15, 0.2) is 194 Å². The molecule has 4 heterocycles. The lowest BCUT2D eigenvalue weighted by Gasteiger charge is -2.11. The second-order valence-corrected chi connectivity index (χ2v) is 14.2. The average molecular weight is 689 g/mol. The monoisotopic (exact) mass is 688 g/mol. The molecule has 0 N–H and O–H groups in total. The van der Waals surface area contributed by atoms with Crippen LogP contribution in [-0.2, 0) is 0 Å². The van der Waals surface area contributed by atoms with E-state index in [2.05, 4.69) is 213 Å². The Balaban J connectivity index is 1.22. The van der Waals surface area contributed by atoms with Gasteiger partial charge in [-0.25, -0.2) is 0 Å². The summed E-state index contributed by atoms with van der Waals surface area (Å²) in [5, 5.41) is 8.66. The van der Waals surface area contributed by atoms with E-state index in [4.69, 9.17) is 0 Å². The standard InChI is InChI=1S/C50H32N4/c1-4-14-34(15-5-1)51-27-26-33-28-48-43(31-47(33)51)42-30-41-39-21-11-13-23-45(39)53(36-18-8-3-9-19-36)49(41)32-50(42)54(48)37-24-25-46-40(29-37)38-20-10-12-22-44(38)52(46)35-16-6-2-7-17-35/h1-32H. The summed E-state index contributed by atoms with van der Waals surface area (Å²) in [5.74, 6) is 0. The molecule has 4 aromatic heterocycles. The summed E-state index contributed by atoms with van der Waals surface area (Å²) in [7, 11) is 0. The normalized spacial score (nSPS) is 12.1. The summed E-state index contributed by atoms with van der Waals surface area (Å²) in [4.78, 5) is 0. The van der Waals surface area contributed by atoms with Gasteiger partial charge in [0.15, 0.2) is 0 Å². The van der Waals surface area contributed by atoms with Crippen LogP contribution in [-0.4, -0.2) is 18.3 Å². The molecule has 12 aromatic rings. The number of aromatic nitrogens is 4. The van der Waals surface area contributed by atoms with Crippen molar-refractivity contribution in [3.63, 3.8) is 0 Å². The molecule has 0 aliphatic rings. The summed E-state index contributed by atoms with van der Waals surface area (Å²) in [6.07, 6.45) is 2.20. The SMILES string of the molecule is c1ccc(-n2ccc3cc4c(cc32)c2cc3c5ccccc5n(-c5ccccc5)c3cc2n4-c2ccc3c(c2)c2ccccc2n3-c2ccccc2)cc1. The largest absolute Gasteiger partial charge is 0.317 e. The Morgan fingerprint density at radius 1 is 0.241 bits per heavy atom. The van der Waals surface area contributed by atoms with Gasteiger partial charge >= 0.3 is 0 Å². The molecule has 4 nitrogen and oxygen atoms in total. The predicted octanol–water partition coefficient (Wildman–Crippen LogP) is 12.9. The van der Waals surface area contributed by atoms with Gasteiger partial charge in [-0.3, -0.25) is 0 Å². The first-order valence-electron chi connectivity index (χ1n) is 18.5. The van der Waals surface area contributed by atoms with Crippen molar-refractivity contribution in [1.29, 1.82) is 0 Å². The highest BCUT2D eigenvalue weighted by Crippen LogP contribution is 2.42. The Morgan fingerprint density at radius 3 is 1.35 bits per heavy atom. The van der Waals surface area contributed by atoms with E-state index in [1.54, 1.807) is 0 Å². The molecule has 54 heavy (non-hydrogen) atoms. The van der Waals surface area contributed by atoms with Crippen LogP contribution >= 0.6 is 0 Å². The van der Waals surface area contributed by atoms with E-state index >= 15 is 0 Å². The number of hydrogen-bond acceptors (Lipinski definition) is 0. The molecule has 12 rings (SSSR count). The third-order valence-corrected chi connectivity index (χ3v) is 11.3. The highest BCUT2D eigenvalue weighted by Gasteiger charge is 2.21. The van der Waals surface area contributed by atoms with Gasteiger partial charge in [-0.2, -0.15) is 0 Å². The third-order valence-electron chi connectivity index (χ3n) is 11.3. The van der Waals surface area contributed by atoms with Crippen LogP contribution in [0.4, 0.5) is 0 Å². The highest BCUT2D eigenvalue weighted by atomic mass is 15.0. The van der Waals surface area contributed by atoms with Gasteiger partial charge in [0.1, 0.15) is 0 Å². The van der Waals surface area contributed by atoms with Crippen LogP contribution in [0.3, 0.4) is 0 Å². The second-order valence-electron chi connectivity index (χ2n) is 14.2. The second kappa shape index (κ2) is 11.1. The molecule has 252 valence electrons. The maximum atomic E-state index is 2.49. The van der Waals surface area contributed by atoms with Gasteiger partial charge in [-0.15, -0.1) is 0 Å². The quantitative estimate of drug-likeness (QED) is 0.175. The molecule has 0 bridgehead atoms. The Hall–Kier alpha value is -7.30. The minimum Gasteiger partial charge on any atom is -0.317 e. The zero-order chi connectivity index (χ0) is 35.3. The fourth-order valence-electron chi connectivity index (χ4n) is 9.01. The molecule has 8 aromatic carbocycles. The van der Waals surface area contributed by atoms with Crippen LogP contribution in [0.2, 0.25) is 0 Å². The number of para-hydroxylation sites is 5. The molecule has 0 aliphatic heterocycles.